The van der Waals surface area contributed by atoms with Crippen LogP contribution in [0.15, 0.2) is 64.6 Å². The molecule has 1 saturated heterocycles. The minimum atomic E-state index is -0.244. The molecule has 0 bridgehead atoms. The third-order valence-electron chi connectivity index (χ3n) is 6.02. The molecule has 0 spiro atoms. The first-order valence-corrected chi connectivity index (χ1v) is 13.6. The molecule has 0 N–H and O–H groups in total. The minimum Gasteiger partial charge on any atom is -0.492 e. The van der Waals surface area contributed by atoms with Crippen molar-refractivity contribution in [2.45, 2.75) is 39.4 Å². The second-order valence-corrected chi connectivity index (χ2v) is 10.6. The monoisotopic (exact) mass is 536 g/mol. The highest BCUT2D eigenvalue weighted by molar-refractivity contribution is 8.18. The molecule has 2 aliphatic rings. The molecule has 5 rings (SSSR count). The summed E-state index contributed by atoms with van der Waals surface area (Å²) in [6.07, 6.45) is 4.86. The summed E-state index contributed by atoms with van der Waals surface area (Å²) in [5.41, 5.74) is 3.28. The number of rotatable bonds is 6. The summed E-state index contributed by atoms with van der Waals surface area (Å²) in [4.78, 5) is 20.0. The Balaban J connectivity index is 1.49. The van der Waals surface area contributed by atoms with Gasteiger partial charge in [-0.2, -0.15) is 10.1 Å². The van der Waals surface area contributed by atoms with Gasteiger partial charge in [-0.25, -0.2) is 4.68 Å². The van der Waals surface area contributed by atoms with E-state index >= 15 is 0 Å². The van der Waals surface area contributed by atoms with Crippen LogP contribution in [0.25, 0.3) is 23.0 Å². The van der Waals surface area contributed by atoms with E-state index in [4.69, 9.17) is 26.2 Å². The molecule has 1 fully saturated rings. The van der Waals surface area contributed by atoms with Crippen molar-refractivity contribution in [3.8, 4) is 22.7 Å². The summed E-state index contributed by atoms with van der Waals surface area (Å²) >= 11 is 7.94. The zero-order valence-electron chi connectivity index (χ0n) is 21.1. The molecule has 2 atom stereocenters. The number of hydrogen-bond acceptors (Lipinski definition) is 6. The molecule has 1 aromatic heterocycles. The third-order valence-corrected chi connectivity index (χ3v) is 7.36. The van der Waals surface area contributed by atoms with E-state index in [9.17, 15) is 4.79 Å². The maximum Gasteiger partial charge on any atom is 0.286 e. The van der Waals surface area contributed by atoms with E-state index in [1.165, 1.54) is 11.8 Å². The molecular weight excluding hydrogens is 508 g/mol. The Morgan fingerprint density at radius 2 is 1.92 bits per heavy atom. The summed E-state index contributed by atoms with van der Waals surface area (Å²) in [5, 5.41) is 6.11. The number of amides is 1. The molecule has 9 heteroatoms. The highest BCUT2D eigenvalue weighted by atomic mass is 35.5. The molecule has 37 heavy (non-hydrogen) atoms. The van der Waals surface area contributed by atoms with Gasteiger partial charge in [-0.15, -0.1) is 0 Å². The van der Waals surface area contributed by atoms with Gasteiger partial charge in [0.1, 0.15) is 11.4 Å². The van der Waals surface area contributed by atoms with E-state index in [-0.39, 0.29) is 18.1 Å². The second-order valence-electron chi connectivity index (χ2n) is 9.18. The number of carbonyl (C=O) groups is 1. The average molecular weight is 537 g/mol. The second kappa shape index (κ2) is 11.1. The van der Waals surface area contributed by atoms with Crippen LogP contribution in [0.4, 0.5) is 0 Å². The van der Waals surface area contributed by atoms with Crippen molar-refractivity contribution >= 4 is 40.5 Å². The zero-order chi connectivity index (χ0) is 25.9. The van der Waals surface area contributed by atoms with Gasteiger partial charge in [-0.3, -0.25) is 4.79 Å². The molecule has 3 heterocycles. The number of morpholine rings is 1. The molecule has 1 amide bonds. The van der Waals surface area contributed by atoms with E-state index in [1.54, 1.807) is 0 Å². The first kappa shape index (κ1) is 25.6. The van der Waals surface area contributed by atoms with Crippen LogP contribution in [0.3, 0.4) is 0 Å². The molecule has 192 valence electrons. The van der Waals surface area contributed by atoms with Gasteiger partial charge in [-0.05, 0) is 68.4 Å². The van der Waals surface area contributed by atoms with Crippen LogP contribution in [0.5, 0.6) is 5.75 Å². The van der Waals surface area contributed by atoms with Crippen LogP contribution >= 0.6 is 23.4 Å². The Hall–Kier alpha value is -3.07. The highest BCUT2D eigenvalue weighted by Gasteiger charge is 2.31. The van der Waals surface area contributed by atoms with Gasteiger partial charge in [0, 0.05) is 30.4 Å². The number of ether oxygens (including phenoxy) is 2. The number of hydrogen-bond donors (Lipinski definition) is 0. The number of aliphatic imine (C=N–C) groups is 1. The quantitative estimate of drug-likeness (QED) is 0.357. The maximum absolute atomic E-state index is 12.9. The number of benzene rings is 2. The van der Waals surface area contributed by atoms with Crippen molar-refractivity contribution in [1.82, 2.24) is 14.7 Å². The van der Waals surface area contributed by atoms with Crippen LogP contribution in [-0.2, 0) is 9.53 Å². The summed E-state index contributed by atoms with van der Waals surface area (Å²) in [6.45, 7) is 8.14. The summed E-state index contributed by atoms with van der Waals surface area (Å²) in [5.74, 6) is 0.398. The molecule has 7 nitrogen and oxygen atoms in total. The standard InChI is InChI=1S/C28H29ClN4O3S/c1-4-12-35-24-11-10-20(13-23(24)29)26-21(17-33(31-26)22-8-6-5-7-9-22)14-25-27(34)30-28(37-25)32-15-18(2)36-19(3)16-32/h5-11,13-14,17-19H,4,12,15-16H2,1-3H3/b25-14-. The van der Waals surface area contributed by atoms with Gasteiger partial charge in [0.2, 0.25) is 0 Å². The van der Waals surface area contributed by atoms with Crippen molar-refractivity contribution in [3.05, 3.63) is 70.2 Å². The Bertz CT molecular complexity index is 1340. The topological polar surface area (TPSA) is 68.9 Å². The Morgan fingerprint density at radius 1 is 1.16 bits per heavy atom. The van der Waals surface area contributed by atoms with E-state index in [2.05, 4.69) is 16.8 Å². The van der Waals surface area contributed by atoms with E-state index < -0.39 is 0 Å². The number of aromatic nitrogens is 2. The Kier molecular flexibility index (Phi) is 7.69. The van der Waals surface area contributed by atoms with Gasteiger partial charge in [0.05, 0.1) is 34.4 Å². The number of nitrogens with zero attached hydrogens (tertiary/aromatic N) is 4. The maximum atomic E-state index is 12.9. The molecule has 0 radical (unpaired) electrons. The molecule has 2 unspecified atom stereocenters. The van der Waals surface area contributed by atoms with E-state index in [0.29, 0.717) is 35.4 Å². The molecule has 2 aliphatic heterocycles. The Morgan fingerprint density at radius 3 is 2.62 bits per heavy atom. The predicted octanol–water partition coefficient (Wildman–Crippen LogP) is 6.06. The first-order valence-electron chi connectivity index (χ1n) is 12.4. The van der Waals surface area contributed by atoms with Gasteiger partial charge in [-0.1, -0.05) is 36.7 Å². The van der Waals surface area contributed by atoms with Crippen LogP contribution in [0.1, 0.15) is 32.8 Å². The third kappa shape index (κ3) is 5.76. The normalized spacial score (nSPS) is 21.0. The number of amidine groups is 1. The molecule has 0 saturated carbocycles. The molecule has 0 aliphatic carbocycles. The van der Waals surface area contributed by atoms with Crippen molar-refractivity contribution in [1.29, 1.82) is 0 Å². The highest BCUT2D eigenvalue weighted by Crippen LogP contribution is 2.36. The predicted molar refractivity (Wildman–Crippen MR) is 149 cm³/mol. The lowest BCUT2D eigenvalue weighted by molar-refractivity contribution is -0.113. The summed E-state index contributed by atoms with van der Waals surface area (Å²) in [7, 11) is 0. The van der Waals surface area contributed by atoms with Gasteiger partial charge < -0.3 is 14.4 Å². The number of halogens is 1. The minimum absolute atomic E-state index is 0.0833. The van der Waals surface area contributed by atoms with Crippen LogP contribution in [0, 0.1) is 0 Å². The van der Waals surface area contributed by atoms with E-state index in [0.717, 1.165) is 34.1 Å². The lowest BCUT2D eigenvalue weighted by Crippen LogP contribution is -2.47. The first-order chi connectivity index (χ1) is 17.9. The largest absolute Gasteiger partial charge is 0.492 e. The number of para-hydroxylation sites is 1. The van der Waals surface area contributed by atoms with Crippen LogP contribution in [0.2, 0.25) is 5.02 Å². The van der Waals surface area contributed by atoms with Gasteiger partial charge in [0.25, 0.3) is 5.91 Å². The number of carbonyl (C=O) groups excluding carboxylic acids is 1. The van der Waals surface area contributed by atoms with Crippen molar-refractivity contribution in [2.75, 3.05) is 19.7 Å². The fourth-order valence-electron chi connectivity index (χ4n) is 4.42. The lowest BCUT2D eigenvalue weighted by atomic mass is 10.1. The van der Waals surface area contributed by atoms with Crippen LogP contribution in [-0.4, -0.2) is 57.7 Å². The molecular formula is C28H29ClN4O3S. The average Bonchev–Trinajstić information content (AvgIpc) is 3.47. The molecule has 3 aromatic rings. The van der Waals surface area contributed by atoms with Gasteiger partial charge >= 0.3 is 0 Å². The SMILES string of the molecule is CCCOc1ccc(-c2nn(-c3ccccc3)cc2/C=C2\SC(N3CC(C)OC(C)C3)=NC2=O)cc1Cl. The van der Waals surface area contributed by atoms with Crippen molar-refractivity contribution in [3.63, 3.8) is 0 Å². The van der Waals surface area contributed by atoms with Crippen molar-refractivity contribution < 1.29 is 14.3 Å². The zero-order valence-corrected chi connectivity index (χ0v) is 22.6. The number of thioether (sulfide) groups is 1. The lowest BCUT2D eigenvalue weighted by Gasteiger charge is -2.35. The molecule has 2 aromatic carbocycles. The summed E-state index contributed by atoms with van der Waals surface area (Å²) in [6, 6.07) is 15.5. The fraction of sp³-hybridized carbons (Fsp3) is 0.321. The smallest absolute Gasteiger partial charge is 0.286 e. The van der Waals surface area contributed by atoms with Crippen LogP contribution < -0.4 is 4.74 Å². The summed E-state index contributed by atoms with van der Waals surface area (Å²) < 4.78 is 13.4. The fourth-order valence-corrected chi connectivity index (χ4v) is 5.57. The van der Waals surface area contributed by atoms with Gasteiger partial charge in [0.15, 0.2) is 5.17 Å². The van der Waals surface area contributed by atoms with E-state index in [1.807, 2.05) is 79.3 Å². The Labute approximate surface area is 226 Å². The van der Waals surface area contributed by atoms with Crippen molar-refractivity contribution in [2.24, 2.45) is 4.99 Å².